The van der Waals surface area contributed by atoms with Gasteiger partial charge in [0.05, 0.1) is 5.39 Å². The fourth-order valence-corrected chi connectivity index (χ4v) is 3.95. The van der Waals surface area contributed by atoms with Gasteiger partial charge in [-0.25, -0.2) is 0 Å². The number of Topliss-reactive ketones (excluding diaryl/α,β-unsaturated/α-hetero) is 1. The molecule has 3 rings (SSSR count). The molecule has 5 nitrogen and oxygen atoms in total. The maximum atomic E-state index is 13.6. The Balaban J connectivity index is 2.23. The highest BCUT2D eigenvalue weighted by atomic mass is 16.5. The van der Waals surface area contributed by atoms with Crippen molar-refractivity contribution in [1.82, 2.24) is 0 Å². The zero-order chi connectivity index (χ0) is 23.6. The summed E-state index contributed by atoms with van der Waals surface area (Å²) in [7, 11) is 0. The van der Waals surface area contributed by atoms with Crippen LogP contribution in [0.5, 0.6) is 5.95 Å². The second kappa shape index (κ2) is 9.60. The Morgan fingerprint density at radius 2 is 1.81 bits per heavy atom. The van der Waals surface area contributed by atoms with Gasteiger partial charge in [0, 0.05) is 18.1 Å². The fraction of sp³-hybridized carbons (Fsp3) is 0.407. The van der Waals surface area contributed by atoms with Gasteiger partial charge in [-0.15, -0.1) is 0 Å². The van der Waals surface area contributed by atoms with Crippen molar-refractivity contribution in [3.05, 3.63) is 62.5 Å². The zero-order valence-corrected chi connectivity index (χ0v) is 19.8. The van der Waals surface area contributed by atoms with Crippen molar-refractivity contribution >= 4 is 27.7 Å². The van der Waals surface area contributed by atoms with Gasteiger partial charge in [-0.05, 0) is 64.3 Å². The van der Waals surface area contributed by atoms with Gasteiger partial charge in [0.2, 0.25) is 0 Å². The van der Waals surface area contributed by atoms with Crippen LogP contribution in [0.3, 0.4) is 0 Å². The molecule has 0 amide bonds. The van der Waals surface area contributed by atoms with E-state index >= 15 is 0 Å². The van der Waals surface area contributed by atoms with Gasteiger partial charge in [0.25, 0.3) is 5.95 Å². The fourth-order valence-electron chi connectivity index (χ4n) is 3.95. The lowest BCUT2D eigenvalue weighted by Gasteiger charge is -2.13. The maximum absolute atomic E-state index is 13.6. The molecule has 0 atom stereocenters. The molecule has 3 aromatic rings. The lowest BCUT2D eigenvalue weighted by Crippen LogP contribution is -2.21. The molecular formula is C27H32O5. The first kappa shape index (κ1) is 23.6. The summed E-state index contributed by atoms with van der Waals surface area (Å²) in [5.74, 6) is 0.0646. The Kier molecular flexibility index (Phi) is 7.07. The van der Waals surface area contributed by atoms with E-state index in [9.17, 15) is 14.7 Å². The molecule has 1 aromatic carbocycles. The first-order valence-corrected chi connectivity index (χ1v) is 11.1. The second-order valence-corrected chi connectivity index (χ2v) is 9.21. The van der Waals surface area contributed by atoms with E-state index in [0.717, 1.165) is 12.8 Å². The standard InChI is InChI=1S/C27H32O5/c1-15(2)8-7-9-17(5)10-11-20-25(30)24(21(28)12-16(3)4)27-23-19(14-22(29)32-27)13-18(6)31-26(20)23/h8,10,13-14,16,29H,7,9,11-12H2,1-6H3/b17-10+. The highest BCUT2D eigenvalue weighted by Gasteiger charge is 2.26. The molecule has 0 aliphatic rings. The Hall–Kier alpha value is -3.08. The number of hydrogen-bond acceptors (Lipinski definition) is 5. The van der Waals surface area contributed by atoms with Gasteiger partial charge in [-0.3, -0.25) is 9.59 Å². The molecule has 0 spiro atoms. The monoisotopic (exact) mass is 436 g/mol. The van der Waals surface area contributed by atoms with Crippen LogP contribution in [0.2, 0.25) is 0 Å². The third-order valence-electron chi connectivity index (χ3n) is 5.47. The lowest BCUT2D eigenvalue weighted by molar-refractivity contribution is 0.0967. The summed E-state index contributed by atoms with van der Waals surface area (Å²) in [5, 5.41) is 11.4. The predicted molar refractivity (Wildman–Crippen MR) is 129 cm³/mol. The molecule has 0 aliphatic heterocycles. The summed E-state index contributed by atoms with van der Waals surface area (Å²) >= 11 is 0. The number of hydrogen-bond donors (Lipinski definition) is 1. The summed E-state index contributed by atoms with van der Waals surface area (Å²) in [6.45, 7) is 11.8. The van der Waals surface area contributed by atoms with Crippen LogP contribution in [-0.2, 0) is 6.42 Å². The molecule has 0 saturated carbocycles. The Bertz CT molecular complexity index is 1270. The number of ketones is 1. The van der Waals surface area contributed by atoms with Crippen LogP contribution in [0, 0.1) is 12.8 Å². The molecule has 0 bridgehead atoms. The zero-order valence-electron chi connectivity index (χ0n) is 19.8. The van der Waals surface area contributed by atoms with Gasteiger partial charge in [-0.1, -0.05) is 37.1 Å². The van der Waals surface area contributed by atoms with Gasteiger partial charge in [0.15, 0.2) is 16.8 Å². The molecule has 0 fully saturated rings. The van der Waals surface area contributed by atoms with E-state index in [1.165, 1.54) is 17.2 Å². The van der Waals surface area contributed by atoms with E-state index in [-0.39, 0.29) is 40.6 Å². The van der Waals surface area contributed by atoms with E-state index in [1.54, 1.807) is 13.0 Å². The molecule has 170 valence electrons. The summed E-state index contributed by atoms with van der Waals surface area (Å²) in [5.41, 5.74) is 3.02. The Labute approximate surface area is 188 Å². The largest absolute Gasteiger partial charge is 0.481 e. The lowest BCUT2D eigenvalue weighted by atomic mass is 9.93. The van der Waals surface area contributed by atoms with Gasteiger partial charge < -0.3 is 13.9 Å². The molecule has 0 aliphatic carbocycles. The number of aromatic hydroxyl groups is 1. The molecule has 0 saturated heterocycles. The minimum atomic E-state index is -0.388. The minimum Gasteiger partial charge on any atom is -0.481 e. The average Bonchev–Trinajstić information content (AvgIpc) is 2.66. The molecule has 0 unspecified atom stereocenters. The predicted octanol–water partition coefficient (Wildman–Crippen LogP) is 7.02. The number of carbonyl (C=O) groups is 1. The first-order chi connectivity index (χ1) is 15.1. The van der Waals surface area contributed by atoms with E-state index in [2.05, 4.69) is 19.9 Å². The molecule has 2 heterocycles. The minimum absolute atomic E-state index is 0.00301. The highest BCUT2D eigenvalue weighted by Crippen LogP contribution is 2.35. The van der Waals surface area contributed by atoms with E-state index in [4.69, 9.17) is 8.83 Å². The van der Waals surface area contributed by atoms with Gasteiger partial charge >= 0.3 is 0 Å². The number of benzene rings is 1. The van der Waals surface area contributed by atoms with Crippen LogP contribution in [0.15, 0.2) is 49.1 Å². The number of carbonyl (C=O) groups excluding carboxylic acids is 1. The van der Waals surface area contributed by atoms with Crippen molar-refractivity contribution in [2.24, 2.45) is 5.92 Å². The van der Waals surface area contributed by atoms with Crippen LogP contribution >= 0.6 is 0 Å². The summed E-state index contributed by atoms with van der Waals surface area (Å²) < 4.78 is 11.5. The average molecular weight is 437 g/mol. The van der Waals surface area contributed by atoms with Crippen LogP contribution in [0.4, 0.5) is 0 Å². The van der Waals surface area contributed by atoms with Gasteiger partial charge in [0.1, 0.15) is 16.9 Å². The van der Waals surface area contributed by atoms with Crippen LogP contribution in [0.1, 0.15) is 75.6 Å². The third-order valence-corrected chi connectivity index (χ3v) is 5.47. The first-order valence-electron chi connectivity index (χ1n) is 11.1. The molecule has 5 heteroatoms. The summed E-state index contributed by atoms with van der Waals surface area (Å²) in [6.07, 6.45) is 6.64. The summed E-state index contributed by atoms with van der Waals surface area (Å²) in [4.78, 5) is 26.6. The van der Waals surface area contributed by atoms with Crippen LogP contribution in [-0.4, -0.2) is 10.9 Å². The normalized spacial score (nSPS) is 12.2. The van der Waals surface area contributed by atoms with Crippen molar-refractivity contribution in [2.75, 3.05) is 0 Å². The molecule has 1 N–H and O–H groups in total. The second-order valence-electron chi connectivity index (χ2n) is 9.21. The SMILES string of the molecule is CC(C)=CCC/C(C)=C/Cc1c(=O)c(C(=O)CC(C)C)c2oc(O)cc3cc(C)oc1c32. The van der Waals surface area contributed by atoms with Crippen molar-refractivity contribution in [3.8, 4) is 5.95 Å². The number of aryl methyl sites for hydroxylation is 1. The molecule has 2 aromatic heterocycles. The summed E-state index contributed by atoms with van der Waals surface area (Å²) in [6, 6.07) is 3.26. The maximum Gasteiger partial charge on any atom is 0.282 e. The van der Waals surface area contributed by atoms with Crippen LogP contribution < -0.4 is 5.43 Å². The van der Waals surface area contributed by atoms with E-state index in [1.807, 2.05) is 26.8 Å². The third kappa shape index (κ3) is 5.04. The topological polar surface area (TPSA) is 80.7 Å². The van der Waals surface area contributed by atoms with Crippen molar-refractivity contribution in [1.29, 1.82) is 0 Å². The molecule has 0 radical (unpaired) electrons. The van der Waals surface area contributed by atoms with E-state index < -0.39 is 0 Å². The highest BCUT2D eigenvalue weighted by molar-refractivity contribution is 6.15. The van der Waals surface area contributed by atoms with Gasteiger partial charge in [-0.2, -0.15) is 0 Å². The number of rotatable bonds is 8. The molecule has 32 heavy (non-hydrogen) atoms. The van der Waals surface area contributed by atoms with Crippen molar-refractivity contribution in [2.45, 2.75) is 67.2 Å². The quantitative estimate of drug-likeness (QED) is 0.303. The number of allylic oxidation sites excluding steroid dienone is 4. The Morgan fingerprint density at radius 1 is 1.09 bits per heavy atom. The van der Waals surface area contributed by atoms with E-state index in [0.29, 0.717) is 34.1 Å². The Morgan fingerprint density at radius 3 is 2.47 bits per heavy atom. The van der Waals surface area contributed by atoms with Crippen molar-refractivity contribution < 1.29 is 18.7 Å². The molecular weight excluding hydrogens is 404 g/mol. The van der Waals surface area contributed by atoms with Crippen LogP contribution in [0.25, 0.3) is 21.9 Å². The smallest absolute Gasteiger partial charge is 0.282 e. The van der Waals surface area contributed by atoms with Crippen molar-refractivity contribution in [3.63, 3.8) is 0 Å².